The fraction of sp³-hybridized carbons (Fsp3) is 0.714. The topological polar surface area (TPSA) is 93.5 Å². The molecular formula is C14H24N4O4S. The van der Waals surface area contributed by atoms with Crippen LogP contribution < -0.4 is 4.72 Å². The molecule has 8 nitrogen and oxygen atoms in total. The second-order valence-electron chi connectivity index (χ2n) is 5.74. The molecule has 0 spiro atoms. The van der Waals surface area contributed by atoms with Crippen LogP contribution in [0, 0.1) is 5.92 Å². The maximum atomic E-state index is 12.3. The second-order valence-corrected chi connectivity index (χ2v) is 7.57. The Morgan fingerprint density at radius 1 is 1.48 bits per heavy atom. The smallest absolute Gasteiger partial charge is 0.248 e. The number of hydrogen-bond donors (Lipinski definition) is 1. The minimum absolute atomic E-state index is 0.0532. The van der Waals surface area contributed by atoms with Crippen LogP contribution in [0.3, 0.4) is 0 Å². The zero-order valence-electron chi connectivity index (χ0n) is 13.6. The molecule has 23 heavy (non-hydrogen) atoms. The first-order valence-corrected chi connectivity index (χ1v) is 9.59. The molecule has 1 atom stereocenters. The molecule has 1 aromatic heterocycles. The zero-order valence-corrected chi connectivity index (χ0v) is 14.4. The van der Waals surface area contributed by atoms with Crippen LogP contribution in [0.15, 0.2) is 12.3 Å². The highest BCUT2D eigenvalue weighted by Gasteiger charge is 2.25. The quantitative estimate of drug-likeness (QED) is 0.740. The van der Waals surface area contributed by atoms with Gasteiger partial charge in [-0.1, -0.05) is 0 Å². The number of nitrogens with one attached hydrogen (secondary N) is 1. The van der Waals surface area contributed by atoms with Crippen LogP contribution in [0.25, 0.3) is 0 Å². The molecule has 2 rings (SSSR count). The molecule has 1 N–H and O–H groups in total. The summed E-state index contributed by atoms with van der Waals surface area (Å²) in [6.07, 6.45) is 3.51. The summed E-state index contributed by atoms with van der Waals surface area (Å²) in [7, 11) is -3.20. The van der Waals surface area contributed by atoms with Gasteiger partial charge in [0.2, 0.25) is 15.9 Å². The summed E-state index contributed by atoms with van der Waals surface area (Å²) in [6.45, 7) is 4.52. The number of rotatable bonds is 7. The van der Waals surface area contributed by atoms with Gasteiger partial charge >= 0.3 is 0 Å². The predicted octanol–water partition coefficient (Wildman–Crippen LogP) is -0.183. The zero-order chi connectivity index (χ0) is 16.9. The number of ether oxygens (including phenoxy) is 1. The molecule has 0 aromatic carbocycles. The van der Waals surface area contributed by atoms with E-state index >= 15 is 0 Å². The van der Waals surface area contributed by atoms with E-state index in [0.29, 0.717) is 39.2 Å². The number of fused-ring (bicyclic) bond motifs is 1. The van der Waals surface area contributed by atoms with Gasteiger partial charge in [-0.2, -0.15) is 5.10 Å². The number of amides is 1. The first-order valence-electron chi connectivity index (χ1n) is 7.70. The molecule has 1 amide bonds. The Bertz CT molecular complexity index is 628. The third-order valence-corrected chi connectivity index (χ3v) is 4.49. The fourth-order valence-electron chi connectivity index (χ4n) is 2.63. The van der Waals surface area contributed by atoms with E-state index in [9.17, 15) is 13.2 Å². The van der Waals surface area contributed by atoms with Gasteiger partial charge in [0.1, 0.15) is 6.61 Å². The molecule has 0 saturated carbocycles. The van der Waals surface area contributed by atoms with Gasteiger partial charge in [0, 0.05) is 32.4 Å². The van der Waals surface area contributed by atoms with Crippen LogP contribution in [0.2, 0.25) is 0 Å². The first kappa shape index (κ1) is 17.9. The summed E-state index contributed by atoms with van der Waals surface area (Å²) < 4.78 is 32.0. The van der Waals surface area contributed by atoms with Gasteiger partial charge in [-0.3, -0.25) is 9.48 Å². The maximum absolute atomic E-state index is 12.3. The minimum atomic E-state index is -3.20. The van der Waals surface area contributed by atoms with Crippen molar-refractivity contribution in [1.82, 2.24) is 19.4 Å². The van der Waals surface area contributed by atoms with Crippen molar-refractivity contribution in [2.24, 2.45) is 5.92 Å². The summed E-state index contributed by atoms with van der Waals surface area (Å²) in [6, 6.07) is 1.90. The molecule has 130 valence electrons. The lowest BCUT2D eigenvalue weighted by Crippen LogP contribution is -2.37. The molecule has 0 radical (unpaired) electrons. The Morgan fingerprint density at radius 3 is 2.96 bits per heavy atom. The number of carbonyl (C=O) groups excluding carboxylic acids is 1. The third kappa shape index (κ3) is 5.60. The van der Waals surface area contributed by atoms with Gasteiger partial charge in [-0.15, -0.1) is 0 Å². The van der Waals surface area contributed by atoms with Gasteiger partial charge in [0.15, 0.2) is 0 Å². The molecule has 0 fully saturated rings. The van der Waals surface area contributed by atoms with E-state index in [1.807, 2.05) is 17.7 Å². The molecule has 2 heterocycles. The van der Waals surface area contributed by atoms with Crippen LogP contribution in [-0.4, -0.2) is 61.6 Å². The number of nitrogens with zero attached hydrogens (tertiary/aromatic N) is 3. The lowest BCUT2D eigenvalue weighted by molar-refractivity contribution is -0.137. The summed E-state index contributed by atoms with van der Waals surface area (Å²) in [4.78, 5) is 14.0. The molecule has 0 saturated heterocycles. The van der Waals surface area contributed by atoms with Crippen molar-refractivity contribution in [3.05, 3.63) is 18.0 Å². The second kappa shape index (κ2) is 7.89. The van der Waals surface area contributed by atoms with Gasteiger partial charge in [0.25, 0.3) is 0 Å². The summed E-state index contributed by atoms with van der Waals surface area (Å²) in [5, 5.41) is 4.29. The van der Waals surface area contributed by atoms with Crippen LogP contribution in [0.1, 0.15) is 19.0 Å². The lowest BCUT2D eigenvalue weighted by Gasteiger charge is -2.24. The number of hydrogen-bond acceptors (Lipinski definition) is 5. The summed E-state index contributed by atoms with van der Waals surface area (Å²) >= 11 is 0. The van der Waals surface area contributed by atoms with E-state index in [1.165, 1.54) is 0 Å². The molecule has 0 bridgehead atoms. The van der Waals surface area contributed by atoms with Gasteiger partial charge < -0.3 is 9.64 Å². The Morgan fingerprint density at radius 2 is 2.26 bits per heavy atom. The van der Waals surface area contributed by atoms with Crippen LogP contribution >= 0.6 is 0 Å². The Balaban J connectivity index is 2.02. The van der Waals surface area contributed by atoms with Crippen molar-refractivity contribution in [3.63, 3.8) is 0 Å². The van der Waals surface area contributed by atoms with Crippen molar-refractivity contribution >= 4 is 15.9 Å². The van der Waals surface area contributed by atoms with Gasteiger partial charge in [-0.25, -0.2) is 13.1 Å². The molecule has 0 aliphatic carbocycles. The maximum Gasteiger partial charge on any atom is 0.248 e. The van der Waals surface area contributed by atoms with E-state index < -0.39 is 10.0 Å². The minimum Gasteiger partial charge on any atom is -0.372 e. The predicted molar refractivity (Wildman–Crippen MR) is 85.1 cm³/mol. The summed E-state index contributed by atoms with van der Waals surface area (Å²) in [5.74, 6) is 0.0820. The molecule has 1 aliphatic heterocycles. The lowest BCUT2D eigenvalue weighted by atomic mass is 10.1. The van der Waals surface area contributed by atoms with Crippen LogP contribution in [0.5, 0.6) is 0 Å². The van der Waals surface area contributed by atoms with Gasteiger partial charge in [-0.05, 0) is 25.3 Å². The highest BCUT2D eigenvalue weighted by Crippen LogP contribution is 2.18. The van der Waals surface area contributed by atoms with E-state index in [0.717, 1.165) is 11.9 Å². The highest BCUT2D eigenvalue weighted by molar-refractivity contribution is 7.88. The fourth-order valence-corrected chi connectivity index (χ4v) is 3.12. The number of carbonyl (C=O) groups is 1. The molecule has 1 aromatic rings. The Labute approximate surface area is 136 Å². The average molecular weight is 344 g/mol. The standard InChI is InChI=1S/C14H24N4O4S/c1-3-22-11-14(19)17-8-12(4-7-16-23(2,20)21)9-18-13(10-17)5-6-15-18/h5-6,12,16H,3-4,7-11H2,1-2H3. The van der Waals surface area contributed by atoms with Gasteiger partial charge in [0.05, 0.1) is 18.5 Å². The molecule has 1 aliphatic rings. The third-order valence-electron chi connectivity index (χ3n) is 3.77. The Kier molecular flexibility index (Phi) is 6.14. The largest absolute Gasteiger partial charge is 0.372 e. The van der Waals surface area contributed by atoms with Crippen molar-refractivity contribution in [3.8, 4) is 0 Å². The monoisotopic (exact) mass is 344 g/mol. The van der Waals surface area contributed by atoms with Crippen molar-refractivity contribution in [2.45, 2.75) is 26.4 Å². The highest BCUT2D eigenvalue weighted by atomic mass is 32.2. The van der Waals surface area contributed by atoms with E-state index in [1.54, 1.807) is 11.1 Å². The molecular weight excluding hydrogens is 320 g/mol. The number of sulfonamides is 1. The first-order chi connectivity index (χ1) is 10.9. The van der Waals surface area contributed by atoms with Crippen LogP contribution in [-0.2, 0) is 32.6 Å². The van der Waals surface area contributed by atoms with E-state index in [-0.39, 0.29) is 18.4 Å². The van der Waals surface area contributed by atoms with Crippen molar-refractivity contribution in [2.75, 3.05) is 32.6 Å². The normalized spacial score (nSPS) is 18.5. The molecule has 9 heteroatoms. The SMILES string of the molecule is CCOCC(=O)N1Cc2ccnn2CC(CCNS(C)(=O)=O)C1. The average Bonchev–Trinajstić information content (AvgIpc) is 2.82. The van der Waals surface area contributed by atoms with Crippen LogP contribution in [0.4, 0.5) is 0 Å². The van der Waals surface area contributed by atoms with E-state index in [2.05, 4.69) is 9.82 Å². The summed E-state index contributed by atoms with van der Waals surface area (Å²) in [5.41, 5.74) is 0.980. The van der Waals surface area contributed by atoms with Crippen molar-refractivity contribution in [1.29, 1.82) is 0 Å². The van der Waals surface area contributed by atoms with Crippen molar-refractivity contribution < 1.29 is 17.9 Å². The Hall–Kier alpha value is -1.45. The van der Waals surface area contributed by atoms with E-state index in [4.69, 9.17) is 4.74 Å². The molecule has 1 unspecified atom stereocenters. The number of aromatic nitrogens is 2.